The Morgan fingerprint density at radius 2 is 1.97 bits per heavy atom. The molecule has 2 aromatic heterocycles. The third-order valence-electron chi connectivity index (χ3n) is 6.34. The molecule has 2 aromatic carbocycles. The van der Waals surface area contributed by atoms with Gasteiger partial charge in [-0.05, 0) is 55.3 Å². The second-order valence-corrected chi connectivity index (χ2v) is 9.74. The Balaban J connectivity index is 1.38. The monoisotopic (exact) mass is 485 g/mol. The van der Waals surface area contributed by atoms with Crippen LogP contribution in [0.15, 0.2) is 60.8 Å². The van der Waals surface area contributed by atoms with Gasteiger partial charge in [0, 0.05) is 25.3 Å². The highest BCUT2D eigenvalue weighted by Gasteiger charge is 2.35. The first kappa shape index (κ1) is 21.6. The summed E-state index contributed by atoms with van der Waals surface area (Å²) in [6, 6.07) is 16.6. The molecule has 0 spiro atoms. The van der Waals surface area contributed by atoms with Crippen LogP contribution < -0.4 is 20.7 Å². The molecule has 0 radical (unpaired) electrons. The van der Waals surface area contributed by atoms with E-state index in [-0.39, 0.29) is 18.0 Å². The van der Waals surface area contributed by atoms with Crippen molar-refractivity contribution in [3.05, 3.63) is 71.2 Å². The number of aryl methyl sites for hydroxylation is 1. The summed E-state index contributed by atoms with van der Waals surface area (Å²) in [5.74, 6) is 1.31. The van der Waals surface area contributed by atoms with Crippen molar-refractivity contribution in [2.45, 2.75) is 19.4 Å². The van der Waals surface area contributed by atoms with E-state index in [2.05, 4.69) is 10.3 Å². The van der Waals surface area contributed by atoms with Gasteiger partial charge in [-0.2, -0.15) is 0 Å². The zero-order chi connectivity index (χ0) is 24.1. The third kappa shape index (κ3) is 3.69. The number of carbonyl (C=O) groups is 2. The summed E-state index contributed by atoms with van der Waals surface area (Å²) >= 11 is 1.30. The average Bonchev–Trinajstić information content (AvgIpc) is 3.45. The summed E-state index contributed by atoms with van der Waals surface area (Å²) in [6.07, 6.45) is 2.45. The minimum atomic E-state index is -0.324. The van der Waals surface area contributed by atoms with Crippen molar-refractivity contribution in [3.8, 4) is 11.5 Å². The van der Waals surface area contributed by atoms with Crippen LogP contribution in [0.1, 0.15) is 21.7 Å². The van der Waals surface area contributed by atoms with Crippen molar-refractivity contribution in [1.29, 1.82) is 0 Å². The molecular weight excluding hydrogens is 462 g/mol. The lowest BCUT2D eigenvalue weighted by molar-refractivity contribution is 0.0796. The van der Waals surface area contributed by atoms with Gasteiger partial charge in [0.2, 0.25) is 0 Å². The van der Waals surface area contributed by atoms with E-state index in [1.165, 1.54) is 11.3 Å². The number of aromatic nitrogens is 1. The van der Waals surface area contributed by atoms with Crippen LogP contribution in [-0.2, 0) is 0 Å². The van der Waals surface area contributed by atoms with Crippen LogP contribution >= 0.6 is 11.3 Å². The lowest BCUT2D eigenvalue weighted by Gasteiger charge is -2.30. The molecule has 3 N–H and O–H groups in total. The van der Waals surface area contributed by atoms with Gasteiger partial charge in [0.1, 0.15) is 21.2 Å². The number of nitrogens with zero attached hydrogens (tertiary/aromatic N) is 3. The van der Waals surface area contributed by atoms with E-state index >= 15 is 0 Å². The van der Waals surface area contributed by atoms with Crippen LogP contribution in [-0.4, -0.2) is 41.0 Å². The van der Waals surface area contributed by atoms with Gasteiger partial charge in [-0.25, -0.2) is 9.78 Å². The Labute approximate surface area is 205 Å². The van der Waals surface area contributed by atoms with Crippen molar-refractivity contribution in [2.75, 3.05) is 23.3 Å². The van der Waals surface area contributed by atoms with E-state index in [9.17, 15) is 9.59 Å². The molecule has 1 fully saturated rings. The van der Waals surface area contributed by atoms with E-state index < -0.39 is 0 Å². The number of nitrogens with two attached hydrogens (primary N) is 1. The zero-order valence-corrected chi connectivity index (χ0v) is 19.8. The van der Waals surface area contributed by atoms with Gasteiger partial charge in [0.15, 0.2) is 0 Å². The van der Waals surface area contributed by atoms with Crippen molar-refractivity contribution in [2.24, 2.45) is 5.73 Å². The molecule has 1 saturated heterocycles. The summed E-state index contributed by atoms with van der Waals surface area (Å²) in [5.41, 5.74) is 8.83. The number of para-hydroxylation sites is 1. The SMILES string of the molecule is Cc1cc(Oc2ccccc2)ccc1N1C(=O)Nc2c(C(=O)N3CC[C@H](N)C3)sc3nccc1c23. The zero-order valence-electron chi connectivity index (χ0n) is 19.0. The minimum Gasteiger partial charge on any atom is -0.457 e. The molecule has 0 bridgehead atoms. The first-order valence-electron chi connectivity index (χ1n) is 11.4. The number of carbonyl (C=O) groups excluding carboxylic acids is 2. The van der Waals surface area contributed by atoms with Gasteiger partial charge < -0.3 is 20.7 Å². The predicted molar refractivity (Wildman–Crippen MR) is 137 cm³/mol. The van der Waals surface area contributed by atoms with E-state index in [0.717, 1.165) is 28.8 Å². The molecule has 8 nitrogen and oxygen atoms in total. The van der Waals surface area contributed by atoms with E-state index in [4.69, 9.17) is 10.5 Å². The first-order chi connectivity index (χ1) is 17.0. The maximum absolute atomic E-state index is 13.4. The summed E-state index contributed by atoms with van der Waals surface area (Å²) in [7, 11) is 0. The highest BCUT2D eigenvalue weighted by atomic mass is 32.1. The largest absolute Gasteiger partial charge is 0.457 e. The fourth-order valence-corrected chi connectivity index (χ4v) is 5.74. The number of likely N-dealkylation sites (tertiary alicyclic amines) is 1. The summed E-state index contributed by atoms with van der Waals surface area (Å²) < 4.78 is 5.95. The highest BCUT2D eigenvalue weighted by Crippen LogP contribution is 2.47. The van der Waals surface area contributed by atoms with Gasteiger partial charge in [0.25, 0.3) is 5.91 Å². The smallest absolute Gasteiger partial charge is 0.331 e. The molecule has 9 heteroatoms. The molecule has 0 unspecified atom stereocenters. The number of hydrogen-bond acceptors (Lipinski definition) is 6. The molecule has 3 amide bonds. The number of nitrogens with one attached hydrogen (secondary N) is 1. The van der Waals surface area contributed by atoms with Crippen LogP contribution in [0.2, 0.25) is 0 Å². The summed E-state index contributed by atoms with van der Waals surface area (Å²) in [4.78, 5) is 35.7. The molecular formula is C26H23N5O3S. The fourth-order valence-electron chi connectivity index (χ4n) is 4.66. The Morgan fingerprint density at radius 1 is 1.14 bits per heavy atom. The fraction of sp³-hybridized carbons (Fsp3) is 0.192. The number of amides is 3. The van der Waals surface area contributed by atoms with E-state index in [0.29, 0.717) is 39.9 Å². The normalized spacial score (nSPS) is 17.1. The lowest BCUT2D eigenvalue weighted by atomic mass is 10.1. The average molecular weight is 486 g/mol. The second-order valence-electron chi connectivity index (χ2n) is 8.75. The lowest BCUT2D eigenvalue weighted by Crippen LogP contribution is -2.36. The molecule has 0 saturated carbocycles. The van der Waals surface area contributed by atoms with Gasteiger partial charge in [0.05, 0.1) is 22.4 Å². The summed E-state index contributed by atoms with van der Waals surface area (Å²) in [6.45, 7) is 3.07. The number of anilines is 3. The van der Waals surface area contributed by atoms with Crippen molar-refractivity contribution in [1.82, 2.24) is 9.88 Å². The molecule has 176 valence electrons. The topological polar surface area (TPSA) is 101 Å². The number of pyridine rings is 1. The Kier molecular flexibility index (Phi) is 5.16. The maximum atomic E-state index is 13.4. The molecule has 6 rings (SSSR count). The molecule has 2 aliphatic rings. The Morgan fingerprint density at radius 3 is 2.71 bits per heavy atom. The predicted octanol–water partition coefficient (Wildman–Crippen LogP) is 5.25. The van der Waals surface area contributed by atoms with E-state index in [1.54, 1.807) is 16.0 Å². The number of urea groups is 1. The van der Waals surface area contributed by atoms with Gasteiger partial charge >= 0.3 is 6.03 Å². The maximum Gasteiger partial charge on any atom is 0.331 e. The molecule has 35 heavy (non-hydrogen) atoms. The van der Waals surface area contributed by atoms with Gasteiger partial charge in [-0.15, -0.1) is 11.3 Å². The van der Waals surface area contributed by atoms with Crippen LogP contribution in [0.4, 0.5) is 21.9 Å². The molecule has 4 aromatic rings. The summed E-state index contributed by atoms with van der Waals surface area (Å²) in [5, 5.41) is 3.74. The Hall–Kier alpha value is -3.95. The van der Waals surface area contributed by atoms with Crippen molar-refractivity contribution in [3.63, 3.8) is 0 Å². The van der Waals surface area contributed by atoms with Crippen LogP contribution in [0.3, 0.4) is 0 Å². The number of thiophene rings is 1. The molecule has 0 aliphatic carbocycles. The van der Waals surface area contributed by atoms with Crippen LogP contribution in [0, 0.1) is 6.92 Å². The number of hydrogen-bond donors (Lipinski definition) is 2. The van der Waals surface area contributed by atoms with Crippen molar-refractivity contribution >= 4 is 50.6 Å². The van der Waals surface area contributed by atoms with Gasteiger partial charge in [-0.3, -0.25) is 9.69 Å². The van der Waals surface area contributed by atoms with Gasteiger partial charge in [-0.1, -0.05) is 18.2 Å². The third-order valence-corrected chi connectivity index (χ3v) is 7.43. The van der Waals surface area contributed by atoms with Crippen molar-refractivity contribution < 1.29 is 14.3 Å². The quantitative estimate of drug-likeness (QED) is 0.411. The molecule has 4 heterocycles. The molecule has 2 aliphatic heterocycles. The number of benzene rings is 2. The van der Waals surface area contributed by atoms with E-state index in [1.807, 2.05) is 61.5 Å². The van der Waals surface area contributed by atoms with Crippen LogP contribution in [0.25, 0.3) is 10.2 Å². The second kappa shape index (κ2) is 8.37. The first-order valence-corrected chi connectivity index (χ1v) is 12.2. The number of ether oxygens (including phenoxy) is 1. The number of rotatable bonds is 4. The molecule has 1 atom stereocenters. The highest BCUT2D eigenvalue weighted by molar-refractivity contribution is 7.21. The standard InChI is InChI=1S/C26H23N5O3S/c1-15-13-18(34-17-5-3-2-4-6-17)7-8-19(15)31-20-9-11-28-24-21(20)22(29-26(31)33)23(35-24)25(32)30-12-10-16(27)14-30/h2-9,11,13,16H,10,12,14,27H2,1H3,(H,29,33)/t16-/m0/s1. The minimum absolute atomic E-state index is 0.0136. The van der Waals surface area contributed by atoms with Crippen LogP contribution in [0.5, 0.6) is 11.5 Å². The Bertz CT molecular complexity index is 1470.